The van der Waals surface area contributed by atoms with Crippen LogP contribution in [0.3, 0.4) is 0 Å². The monoisotopic (exact) mass is 692 g/mol. The first-order valence-electron chi connectivity index (χ1n) is 18.2. The van der Waals surface area contributed by atoms with Gasteiger partial charge in [0.25, 0.3) is 11.8 Å². The van der Waals surface area contributed by atoms with E-state index in [0.29, 0.717) is 68.8 Å². The van der Waals surface area contributed by atoms with Gasteiger partial charge in [0.15, 0.2) is 6.61 Å². The Morgan fingerprint density at radius 2 is 1.70 bits per heavy atom. The summed E-state index contributed by atoms with van der Waals surface area (Å²) in [6.45, 7) is 9.77. The number of fused-ring (bicyclic) bond motifs is 1. The quantitative estimate of drug-likeness (QED) is 0.301. The fourth-order valence-corrected chi connectivity index (χ4v) is 6.55. The average molecular weight is 693 g/mol. The molecule has 1 aliphatic carbocycles. The SMILES string of the molecule is CCCCOC(=O)N1CCN(C(=O)[C@@H](NC(=O)c2cc(OCC(=O)N3CCC[C@H]3C(=O)NC3CCC3)c3ccc(C)cc3n2)[C@@H](C)CC)CC1. The molecule has 2 aromatic rings. The number of carbonyl (C=O) groups is 5. The summed E-state index contributed by atoms with van der Waals surface area (Å²) in [5.74, 6) is -1.01. The number of unbranched alkanes of at least 4 members (excludes halogenated alkanes) is 1. The van der Waals surface area contributed by atoms with Gasteiger partial charge in [0.05, 0.1) is 12.1 Å². The van der Waals surface area contributed by atoms with E-state index in [-0.39, 0.29) is 48.1 Å². The summed E-state index contributed by atoms with van der Waals surface area (Å²) in [6.07, 6.45) is 6.42. The van der Waals surface area contributed by atoms with Gasteiger partial charge < -0.3 is 34.8 Å². The van der Waals surface area contributed by atoms with Gasteiger partial charge in [-0.3, -0.25) is 19.2 Å². The number of aromatic nitrogens is 1. The third-order valence-corrected chi connectivity index (χ3v) is 10.2. The average Bonchev–Trinajstić information content (AvgIpc) is 3.60. The maximum absolute atomic E-state index is 13.8. The number of ether oxygens (including phenoxy) is 2. The van der Waals surface area contributed by atoms with Crippen LogP contribution < -0.4 is 15.4 Å². The molecular formula is C37H52N6O7. The van der Waals surface area contributed by atoms with E-state index in [1.165, 1.54) is 6.07 Å². The molecule has 1 saturated carbocycles. The van der Waals surface area contributed by atoms with Crippen molar-refractivity contribution in [3.8, 4) is 5.75 Å². The van der Waals surface area contributed by atoms with Crippen molar-refractivity contribution in [3.63, 3.8) is 0 Å². The van der Waals surface area contributed by atoms with Gasteiger partial charge in [-0.15, -0.1) is 0 Å². The number of pyridine rings is 1. The molecular weight excluding hydrogens is 640 g/mol. The summed E-state index contributed by atoms with van der Waals surface area (Å²) in [5, 5.41) is 6.64. The molecule has 3 heterocycles. The maximum atomic E-state index is 13.8. The fraction of sp³-hybridized carbons (Fsp3) is 0.622. The van der Waals surface area contributed by atoms with Gasteiger partial charge in [-0.1, -0.05) is 39.7 Å². The zero-order valence-corrected chi connectivity index (χ0v) is 29.9. The van der Waals surface area contributed by atoms with Gasteiger partial charge in [-0.25, -0.2) is 9.78 Å². The Labute approximate surface area is 294 Å². The van der Waals surface area contributed by atoms with Crippen LogP contribution in [0, 0.1) is 12.8 Å². The summed E-state index contributed by atoms with van der Waals surface area (Å²) >= 11 is 0. The molecule has 0 spiro atoms. The number of rotatable bonds is 13. The highest BCUT2D eigenvalue weighted by molar-refractivity contribution is 5.99. The van der Waals surface area contributed by atoms with Gasteiger partial charge >= 0.3 is 6.09 Å². The summed E-state index contributed by atoms with van der Waals surface area (Å²) in [6, 6.07) is 5.96. The Balaban J connectivity index is 1.27. The molecule has 0 radical (unpaired) electrons. The molecule has 5 rings (SSSR count). The molecule has 3 aliphatic rings. The molecule has 2 saturated heterocycles. The molecule has 3 atom stereocenters. The van der Waals surface area contributed by atoms with Crippen LogP contribution in [0.5, 0.6) is 5.75 Å². The zero-order chi connectivity index (χ0) is 35.8. The Bertz CT molecular complexity index is 1550. The summed E-state index contributed by atoms with van der Waals surface area (Å²) in [5.41, 5.74) is 1.51. The minimum absolute atomic E-state index is 0.0604. The molecule has 0 unspecified atom stereocenters. The van der Waals surface area contributed by atoms with Crippen LogP contribution in [0.25, 0.3) is 10.9 Å². The Kier molecular flexibility index (Phi) is 12.5. The minimum atomic E-state index is -0.810. The Morgan fingerprint density at radius 1 is 0.960 bits per heavy atom. The van der Waals surface area contributed by atoms with Gasteiger partial charge in [0, 0.05) is 50.2 Å². The number of amides is 5. The van der Waals surface area contributed by atoms with E-state index in [4.69, 9.17) is 9.47 Å². The largest absolute Gasteiger partial charge is 0.483 e. The fourth-order valence-electron chi connectivity index (χ4n) is 6.55. The lowest BCUT2D eigenvalue weighted by Crippen LogP contribution is -2.57. The minimum Gasteiger partial charge on any atom is -0.483 e. The van der Waals surface area contributed by atoms with E-state index in [1.54, 1.807) is 14.7 Å². The molecule has 2 aliphatic heterocycles. The van der Waals surface area contributed by atoms with Crippen LogP contribution in [0.2, 0.25) is 0 Å². The molecule has 3 fully saturated rings. The van der Waals surface area contributed by atoms with E-state index in [0.717, 1.165) is 44.1 Å². The number of benzene rings is 1. The lowest BCUT2D eigenvalue weighted by Gasteiger charge is -2.37. The summed E-state index contributed by atoms with van der Waals surface area (Å²) in [7, 11) is 0. The number of nitrogens with one attached hydrogen (secondary N) is 2. The van der Waals surface area contributed by atoms with Crippen LogP contribution in [0.15, 0.2) is 24.3 Å². The molecule has 13 nitrogen and oxygen atoms in total. The molecule has 13 heteroatoms. The first kappa shape index (κ1) is 36.9. The van der Waals surface area contributed by atoms with Crippen LogP contribution in [-0.2, 0) is 19.1 Å². The van der Waals surface area contributed by atoms with Crippen LogP contribution >= 0.6 is 0 Å². The highest BCUT2D eigenvalue weighted by atomic mass is 16.6. The van der Waals surface area contributed by atoms with Crippen molar-refractivity contribution >= 4 is 40.6 Å². The second kappa shape index (κ2) is 17.0. The van der Waals surface area contributed by atoms with Gasteiger partial charge in [0.2, 0.25) is 11.8 Å². The number of hydrogen-bond acceptors (Lipinski definition) is 8. The van der Waals surface area contributed by atoms with Crippen LogP contribution in [-0.4, -0.2) is 113 Å². The van der Waals surface area contributed by atoms with Crippen LogP contribution in [0.1, 0.15) is 88.2 Å². The van der Waals surface area contributed by atoms with E-state index >= 15 is 0 Å². The lowest BCUT2D eigenvalue weighted by atomic mass is 9.93. The third-order valence-electron chi connectivity index (χ3n) is 10.2. The molecule has 50 heavy (non-hydrogen) atoms. The second-order valence-electron chi connectivity index (χ2n) is 13.8. The van der Waals surface area contributed by atoms with Gasteiger partial charge in [-0.05, 0) is 69.1 Å². The third kappa shape index (κ3) is 8.83. The standard InChI is InChI=1S/C37H52N6O7/c1-5-7-20-49-37(48)42-18-16-41(17-19-42)36(47)33(25(4)6-2)40-34(45)29-22-31(27-14-13-24(3)21-28(27)39-29)50-23-32(44)43-15-9-12-30(43)35(46)38-26-10-8-11-26/h13-14,21-22,25-26,30,33H,5-12,15-20,23H2,1-4H3,(H,38,46)(H,40,45)/t25-,30-,33-/m0/s1. The van der Waals surface area contributed by atoms with Gasteiger partial charge in [-0.2, -0.15) is 0 Å². The summed E-state index contributed by atoms with van der Waals surface area (Å²) < 4.78 is 11.4. The number of aryl methyl sites for hydroxylation is 1. The second-order valence-corrected chi connectivity index (χ2v) is 13.8. The van der Waals surface area contributed by atoms with E-state index in [9.17, 15) is 24.0 Å². The lowest BCUT2D eigenvalue weighted by molar-refractivity contribution is -0.140. The normalized spacial score (nSPS) is 19.0. The molecule has 2 N–H and O–H groups in total. The highest BCUT2D eigenvalue weighted by Gasteiger charge is 2.36. The van der Waals surface area contributed by atoms with Crippen molar-refractivity contribution in [3.05, 3.63) is 35.5 Å². The summed E-state index contributed by atoms with van der Waals surface area (Å²) in [4.78, 5) is 75.8. The molecule has 1 aromatic carbocycles. The van der Waals surface area contributed by atoms with E-state index < -0.39 is 18.0 Å². The Hall–Kier alpha value is -4.42. The molecule has 272 valence electrons. The van der Waals surface area contributed by atoms with Crippen molar-refractivity contribution in [2.45, 2.75) is 97.2 Å². The number of likely N-dealkylation sites (tertiary alicyclic amines) is 1. The maximum Gasteiger partial charge on any atom is 0.409 e. The van der Waals surface area contributed by atoms with Crippen molar-refractivity contribution in [1.29, 1.82) is 0 Å². The number of piperazine rings is 1. The van der Waals surface area contributed by atoms with E-state index in [2.05, 4.69) is 15.6 Å². The van der Waals surface area contributed by atoms with Crippen molar-refractivity contribution in [1.82, 2.24) is 30.3 Å². The number of nitrogens with zero attached hydrogens (tertiary/aromatic N) is 4. The highest BCUT2D eigenvalue weighted by Crippen LogP contribution is 2.28. The first-order valence-corrected chi connectivity index (χ1v) is 18.2. The van der Waals surface area contributed by atoms with E-state index in [1.807, 2.05) is 45.9 Å². The molecule has 1 aromatic heterocycles. The Morgan fingerprint density at radius 3 is 2.38 bits per heavy atom. The topological polar surface area (TPSA) is 150 Å². The smallest absolute Gasteiger partial charge is 0.409 e. The van der Waals surface area contributed by atoms with Crippen molar-refractivity contribution < 1.29 is 33.4 Å². The molecule has 5 amide bonds. The number of carbonyl (C=O) groups excluding carboxylic acids is 5. The van der Waals surface area contributed by atoms with Crippen LogP contribution in [0.4, 0.5) is 4.79 Å². The predicted octanol–water partition coefficient (Wildman–Crippen LogP) is 3.81. The number of hydrogen-bond donors (Lipinski definition) is 2. The van der Waals surface area contributed by atoms with Crippen molar-refractivity contribution in [2.24, 2.45) is 5.92 Å². The first-order chi connectivity index (χ1) is 24.1. The predicted molar refractivity (Wildman–Crippen MR) is 188 cm³/mol. The molecule has 0 bridgehead atoms. The van der Waals surface area contributed by atoms with Gasteiger partial charge in [0.1, 0.15) is 23.5 Å². The zero-order valence-electron chi connectivity index (χ0n) is 29.9. The van der Waals surface area contributed by atoms with Crippen molar-refractivity contribution in [2.75, 3.05) is 45.9 Å².